The minimum atomic E-state index is -4.23. The van der Waals surface area contributed by atoms with Crippen molar-refractivity contribution in [2.75, 3.05) is 24.4 Å². The fourth-order valence-corrected chi connectivity index (χ4v) is 5.27. The van der Waals surface area contributed by atoms with Crippen molar-refractivity contribution in [1.29, 1.82) is 0 Å². The van der Waals surface area contributed by atoms with E-state index in [1.165, 1.54) is 30.1 Å². The zero-order valence-electron chi connectivity index (χ0n) is 19.9. The van der Waals surface area contributed by atoms with Crippen molar-refractivity contribution in [2.24, 2.45) is 0 Å². The first kappa shape index (κ1) is 27.2. The number of benzene rings is 3. The molecule has 3 rings (SSSR count). The Morgan fingerprint density at radius 1 is 1.00 bits per heavy atom. The molecule has 7 nitrogen and oxygen atoms in total. The normalized spacial score (nSPS) is 12.0. The van der Waals surface area contributed by atoms with Gasteiger partial charge in [-0.3, -0.25) is 13.9 Å². The van der Waals surface area contributed by atoms with E-state index in [2.05, 4.69) is 5.32 Å². The molecule has 1 atom stereocenters. The van der Waals surface area contributed by atoms with Crippen LogP contribution in [0.25, 0.3) is 0 Å². The zero-order valence-corrected chi connectivity index (χ0v) is 21.5. The summed E-state index contributed by atoms with van der Waals surface area (Å²) in [4.78, 5) is 27.3. The lowest BCUT2D eigenvalue weighted by Crippen LogP contribution is -2.51. The standard InChI is InChI=1S/C26H27ClFN3O4S/c1-19(26(33)29-2)30(16-15-20-9-5-3-6-10-20)25(32)18-31(21-13-14-24(28)23(27)17-21)36(34,35)22-11-7-4-8-12-22/h3-14,17,19H,15-16,18H2,1-2H3,(H,29,33)/t19-/m1/s1. The summed E-state index contributed by atoms with van der Waals surface area (Å²) >= 11 is 5.94. The van der Waals surface area contributed by atoms with Crippen LogP contribution in [0, 0.1) is 5.82 Å². The number of anilines is 1. The van der Waals surface area contributed by atoms with Crippen molar-refractivity contribution >= 4 is 39.1 Å². The van der Waals surface area contributed by atoms with Crippen LogP contribution in [0.1, 0.15) is 12.5 Å². The zero-order chi connectivity index (χ0) is 26.3. The van der Waals surface area contributed by atoms with Crippen LogP contribution < -0.4 is 9.62 Å². The van der Waals surface area contributed by atoms with E-state index >= 15 is 0 Å². The highest BCUT2D eigenvalue weighted by atomic mass is 35.5. The minimum Gasteiger partial charge on any atom is -0.357 e. The number of hydrogen-bond donors (Lipinski definition) is 1. The van der Waals surface area contributed by atoms with Crippen molar-refractivity contribution in [3.8, 4) is 0 Å². The molecule has 190 valence electrons. The van der Waals surface area contributed by atoms with E-state index in [0.29, 0.717) is 6.42 Å². The van der Waals surface area contributed by atoms with Gasteiger partial charge in [-0.05, 0) is 49.2 Å². The number of nitrogens with one attached hydrogen (secondary N) is 1. The Morgan fingerprint density at radius 3 is 2.19 bits per heavy atom. The number of carbonyl (C=O) groups excluding carboxylic acids is 2. The van der Waals surface area contributed by atoms with E-state index in [4.69, 9.17) is 11.6 Å². The second-order valence-corrected chi connectivity index (χ2v) is 10.3. The van der Waals surface area contributed by atoms with Gasteiger partial charge in [-0.15, -0.1) is 0 Å². The predicted octanol–water partition coefficient (Wildman–Crippen LogP) is 3.88. The third kappa shape index (κ3) is 6.41. The lowest BCUT2D eigenvalue weighted by atomic mass is 10.1. The topological polar surface area (TPSA) is 86.8 Å². The fraction of sp³-hybridized carbons (Fsp3) is 0.231. The number of rotatable bonds is 10. The summed E-state index contributed by atoms with van der Waals surface area (Å²) in [5, 5.41) is 2.24. The van der Waals surface area contributed by atoms with Crippen LogP contribution in [0.5, 0.6) is 0 Å². The Hall–Kier alpha value is -3.43. The summed E-state index contributed by atoms with van der Waals surface area (Å²) in [5.74, 6) is -1.71. The van der Waals surface area contributed by atoms with Gasteiger partial charge in [-0.1, -0.05) is 60.1 Å². The van der Waals surface area contributed by atoms with Gasteiger partial charge < -0.3 is 10.2 Å². The molecule has 0 aromatic heterocycles. The van der Waals surface area contributed by atoms with Crippen molar-refractivity contribution in [3.05, 3.63) is 95.3 Å². The molecule has 3 aromatic carbocycles. The average molecular weight is 532 g/mol. The first-order valence-corrected chi connectivity index (χ1v) is 13.0. The van der Waals surface area contributed by atoms with E-state index in [0.717, 1.165) is 22.0 Å². The van der Waals surface area contributed by atoms with Crippen molar-refractivity contribution < 1.29 is 22.4 Å². The van der Waals surface area contributed by atoms with E-state index in [1.807, 2.05) is 30.3 Å². The summed E-state index contributed by atoms with van der Waals surface area (Å²) in [5.41, 5.74) is 0.979. The lowest BCUT2D eigenvalue weighted by molar-refractivity contribution is -0.138. The van der Waals surface area contributed by atoms with E-state index in [9.17, 15) is 22.4 Å². The number of hydrogen-bond acceptors (Lipinski definition) is 4. The molecule has 0 aliphatic carbocycles. The van der Waals surface area contributed by atoms with Crippen molar-refractivity contribution in [3.63, 3.8) is 0 Å². The molecule has 0 fully saturated rings. The first-order valence-electron chi connectivity index (χ1n) is 11.2. The van der Waals surface area contributed by atoms with Gasteiger partial charge in [-0.2, -0.15) is 0 Å². The summed E-state index contributed by atoms with van der Waals surface area (Å²) < 4.78 is 41.9. The highest BCUT2D eigenvalue weighted by Gasteiger charge is 2.32. The quantitative estimate of drug-likeness (QED) is 0.430. The molecule has 0 heterocycles. The molecule has 0 spiro atoms. The Kier molecular flexibility index (Phi) is 9.06. The monoisotopic (exact) mass is 531 g/mol. The summed E-state index contributed by atoms with van der Waals surface area (Å²) in [6.45, 7) is 1.14. The molecule has 0 bridgehead atoms. The molecule has 0 saturated heterocycles. The number of sulfonamides is 1. The molecule has 10 heteroatoms. The van der Waals surface area contributed by atoms with Gasteiger partial charge in [0.05, 0.1) is 15.6 Å². The summed E-state index contributed by atoms with van der Waals surface area (Å²) in [7, 11) is -2.76. The SMILES string of the molecule is CNC(=O)[C@@H](C)N(CCc1ccccc1)C(=O)CN(c1ccc(F)c(Cl)c1)S(=O)(=O)c1ccccc1. The second-order valence-electron chi connectivity index (χ2n) is 8.04. The van der Waals surface area contributed by atoms with Crippen LogP contribution >= 0.6 is 11.6 Å². The molecule has 2 amide bonds. The third-order valence-corrected chi connectivity index (χ3v) is 7.78. The number of amides is 2. The van der Waals surface area contributed by atoms with Crippen LogP contribution in [0.3, 0.4) is 0 Å². The van der Waals surface area contributed by atoms with Gasteiger partial charge in [0.25, 0.3) is 10.0 Å². The average Bonchev–Trinajstić information content (AvgIpc) is 2.89. The van der Waals surface area contributed by atoms with Crippen LogP contribution in [0.2, 0.25) is 5.02 Å². The Balaban J connectivity index is 1.98. The molecular weight excluding hydrogens is 505 g/mol. The van der Waals surface area contributed by atoms with Crippen molar-refractivity contribution in [1.82, 2.24) is 10.2 Å². The fourth-order valence-electron chi connectivity index (χ4n) is 3.67. The Labute approximate surface area is 215 Å². The van der Waals surface area contributed by atoms with Crippen LogP contribution in [0.15, 0.2) is 83.8 Å². The molecule has 36 heavy (non-hydrogen) atoms. The summed E-state index contributed by atoms with van der Waals surface area (Å²) in [6.07, 6.45) is 0.460. The molecule has 0 aliphatic heterocycles. The lowest BCUT2D eigenvalue weighted by Gasteiger charge is -2.31. The van der Waals surface area contributed by atoms with E-state index < -0.39 is 40.2 Å². The largest absolute Gasteiger partial charge is 0.357 e. The first-order chi connectivity index (χ1) is 17.1. The smallest absolute Gasteiger partial charge is 0.264 e. The molecule has 3 aromatic rings. The van der Waals surface area contributed by atoms with Gasteiger partial charge in [0, 0.05) is 13.6 Å². The van der Waals surface area contributed by atoms with Gasteiger partial charge >= 0.3 is 0 Å². The second kappa shape index (κ2) is 12.0. The highest BCUT2D eigenvalue weighted by Crippen LogP contribution is 2.28. The maximum Gasteiger partial charge on any atom is 0.264 e. The van der Waals surface area contributed by atoms with E-state index in [-0.39, 0.29) is 22.2 Å². The Morgan fingerprint density at radius 2 is 1.61 bits per heavy atom. The predicted molar refractivity (Wildman–Crippen MR) is 138 cm³/mol. The number of halogens is 2. The molecule has 0 radical (unpaired) electrons. The summed E-state index contributed by atoms with van der Waals surface area (Å²) in [6, 6.07) is 19.6. The van der Waals surface area contributed by atoms with Gasteiger partial charge in [-0.25, -0.2) is 12.8 Å². The molecule has 0 saturated carbocycles. The number of nitrogens with zero attached hydrogens (tertiary/aromatic N) is 2. The maximum atomic E-state index is 13.8. The molecule has 1 N–H and O–H groups in total. The number of carbonyl (C=O) groups is 2. The van der Waals surface area contributed by atoms with Crippen molar-refractivity contribution in [2.45, 2.75) is 24.3 Å². The third-order valence-electron chi connectivity index (χ3n) is 5.70. The van der Waals surface area contributed by atoms with Gasteiger partial charge in [0.2, 0.25) is 11.8 Å². The van der Waals surface area contributed by atoms with Gasteiger partial charge in [0.15, 0.2) is 0 Å². The molecule has 0 aliphatic rings. The molecular formula is C26H27ClFN3O4S. The minimum absolute atomic E-state index is 0.0224. The number of likely N-dealkylation sites (N-methyl/N-ethyl adjacent to an activating group) is 1. The molecule has 0 unspecified atom stereocenters. The van der Waals surface area contributed by atoms with Gasteiger partial charge in [0.1, 0.15) is 18.4 Å². The van der Waals surface area contributed by atoms with Crippen LogP contribution in [-0.4, -0.2) is 51.3 Å². The highest BCUT2D eigenvalue weighted by molar-refractivity contribution is 7.92. The van der Waals surface area contributed by atoms with E-state index in [1.54, 1.807) is 25.1 Å². The van der Waals surface area contributed by atoms with Crippen LogP contribution in [-0.2, 0) is 26.0 Å². The Bertz CT molecular complexity index is 1310. The maximum absolute atomic E-state index is 13.8. The van der Waals surface area contributed by atoms with Crippen LogP contribution in [0.4, 0.5) is 10.1 Å².